The number of aromatic hydroxyl groups is 1. The molecule has 0 radical (unpaired) electrons. The third-order valence-electron chi connectivity index (χ3n) is 2.84. The molecule has 0 aliphatic carbocycles. The number of rotatable bonds is 4. The lowest BCUT2D eigenvalue weighted by Gasteiger charge is -2.06. The van der Waals surface area contributed by atoms with Crippen LogP contribution in [0.5, 0.6) is 11.5 Å². The number of carbonyl (C=O) groups is 1. The maximum absolute atomic E-state index is 12.1. The lowest BCUT2D eigenvalue weighted by Crippen LogP contribution is -2.17. The molecule has 0 aliphatic rings. The summed E-state index contributed by atoms with van der Waals surface area (Å²) in [5, 5.41) is 13.9. The number of hydrazone groups is 1. The van der Waals surface area contributed by atoms with Crippen molar-refractivity contribution in [2.75, 3.05) is 7.11 Å². The van der Waals surface area contributed by atoms with Crippen LogP contribution in [0.2, 0.25) is 0 Å². The number of benzene rings is 2. The minimum absolute atomic E-state index is 0.139. The molecule has 0 fully saturated rings. The van der Waals surface area contributed by atoms with Gasteiger partial charge < -0.3 is 9.84 Å². The van der Waals surface area contributed by atoms with Gasteiger partial charge in [-0.1, -0.05) is 0 Å². The van der Waals surface area contributed by atoms with Gasteiger partial charge in [0.05, 0.1) is 20.5 Å². The second-order valence-corrected chi connectivity index (χ2v) is 7.94. The highest BCUT2D eigenvalue weighted by molar-refractivity contribution is 14.1. The molecule has 8 heteroatoms. The number of carbonyl (C=O) groups excluding carboxylic acids is 1. The Morgan fingerprint density at radius 3 is 2.65 bits per heavy atom. The Balaban J connectivity index is 2.13. The van der Waals surface area contributed by atoms with Crippen LogP contribution in [0.25, 0.3) is 0 Å². The third kappa shape index (κ3) is 4.92. The number of hydrogen-bond acceptors (Lipinski definition) is 4. The summed E-state index contributed by atoms with van der Waals surface area (Å²) < 4.78 is 7.81. The average molecular weight is 648 g/mol. The van der Waals surface area contributed by atoms with Gasteiger partial charge in [-0.25, -0.2) is 5.43 Å². The first-order valence-electron chi connectivity index (χ1n) is 6.27. The molecule has 0 saturated heterocycles. The Hall–Kier alpha value is -0.630. The normalized spacial score (nSPS) is 10.8. The molecule has 0 bridgehead atoms. The van der Waals surface area contributed by atoms with Crippen LogP contribution >= 0.6 is 67.8 Å². The molecular formula is C15H11I3N2O3. The van der Waals surface area contributed by atoms with Gasteiger partial charge in [0, 0.05) is 14.7 Å². The van der Waals surface area contributed by atoms with Crippen molar-refractivity contribution in [2.45, 2.75) is 0 Å². The molecule has 23 heavy (non-hydrogen) atoms. The second kappa shape index (κ2) is 8.46. The number of nitrogens with zero attached hydrogens (tertiary/aromatic N) is 1. The number of halogens is 3. The predicted octanol–water partition coefficient (Wildman–Crippen LogP) is 3.98. The van der Waals surface area contributed by atoms with E-state index in [1.165, 1.54) is 6.21 Å². The predicted molar refractivity (Wildman–Crippen MR) is 114 cm³/mol. The second-order valence-electron chi connectivity index (χ2n) is 4.37. The summed E-state index contributed by atoms with van der Waals surface area (Å²) in [6.45, 7) is 0. The Kier molecular flexibility index (Phi) is 6.88. The zero-order chi connectivity index (χ0) is 17.0. The monoisotopic (exact) mass is 648 g/mol. The molecule has 2 aromatic carbocycles. The number of phenols is 1. The average Bonchev–Trinajstić information content (AvgIpc) is 2.52. The minimum Gasteiger partial charge on any atom is -0.506 e. The smallest absolute Gasteiger partial charge is 0.271 e. The molecule has 0 unspecified atom stereocenters. The van der Waals surface area contributed by atoms with Gasteiger partial charge >= 0.3 is 0 Å². The standard InChI is InChI=1S/C15H11I3N2O3/c1-23-13-5-8(2-3-11(13)17)15(22)20-19-7-9-4-10(16)6-12(18)14(9)21/h2-7,21H,1H3,(H,20,22)/b19-7+. The zero-order valence-electron chi connectivity index (χ0n) is 11.8. The summed E-state index contributed by atoms with van der Waals surface area (Å²) in [5.41, 5.74) is 3.43. The molecule has 0 saturated carbocycles. The van der Waals surface area contributed by atoms with E-state index < -0.39 is 0 Å². The van der Waals surface area contributed by atoms with Gasteiger partial charge in [-0.05, 0) is 98.1 Å². The summed E-state index contributed by atoms with van der Waals surface area (Å²) in [5.74, 6) is 0.419. The van der Waals surface area contributed by atoms with Crippen molar-refractivity contribution in [3.05, 3.63) is 52.2 Å². The third-order valence-corrected chi connectivity index (χ3v) is 5.18. The van der Waals surface area contributed by atoms with Gasteiger partial charge in [-0.15, -0.1) is 0 Å². The number of nitrogens with one attached hydrogen (secondary N) is 1. The van der Waals surface area contributed by atoms with E-state index in [1.807, 2.05) is 28.7 Å². The van der Waals surface area contributed by atoms with Crippen molar-refractivity contribution in [3.8, 4) is 11.5 Å². The largest absolute Gasteiger partial charge is 0.506 e. The highest BCUT2D eigenvalue weighted by Crippen LogP contribution is 2.25. The van der Waals surface area contributed by atoms with Crippen LogP contribution in [0.1, 0.15) is 15.9 Å². The van der Waals surface area contributed by atoms with Crippen LogP contribution in [0.4, 0.5) is 0 Å². The van der Waals surface area contributed by atoms with Crippen LogP contribution in [-0.4, -0.2) is 24.3 Å². The number of amides is 1. The molecule has 0 heterocycles. The SMILES string of the molecule is COc1cc(C(=O)N/N=C/c2cc(I)cc(I)c2O)ccc1I. The van der Waals surface area contributed by atoms with Crippen molar-refractivity contribution in [2.24, 2.45) is 5.10 Å². The van der Waals surface area contributed by atoms with Crippen molar-refractivity contribution in [1.82, 2.24) is 5.43 Å². The Morgan fingerprint density at radius 2 is 1.96 bits per heavy atom. The van der Waals surface area contributed by atoms with Crippen LogP contribution < -0.4 is 10.2 Å². The molecule has 0 aromatic heterocycles. The van der Waals surface area contributed by atoms with Crippen LogP contribution in [-0.2, 0) is 0 Å². The minimum atomic E-state index is -0.351. The lowest BCUT2D eigenvalue weighted by molar-refractivity contribution is 0.0954. The van der Waals surface area contributed by atoms with E-state index in [4.69, 9.17) is 4.74 Å². The fourth-order valence-corrected chi connectivity index (χ4v) is 4.16. The fraction of sp³-hybridized carbons (Fsp3) is 0.0667. The maximum Gasteiger partial charge on any atom is 0.271 e. The molecule has 2 aromatic rings. The van der Waals surface area contributed by atoms with Gasteiger partial charge in [-0.2, -0.15) is 5.10 Å². The first-order chi connectivity index (χ1) is 10.9. The van der Waals surface area contributed by atoms with Crippen molar-refractivity contribution >= 4 is 79.9 Å². The molecule has 2 N–H and O–H groups in total. The van der Waals surface area contributed by atoms with Gasteiger partial charge in [0.1, 0.15) is 11.5 Å². The Labute approximate surface area is 174 Å². The van der Waals surface area contributed by atoms with Gasteiger partial charge in [0.2, 0.25) is 0 Å². The topological polar surface area (TPSA) is 70.9 Å². The van der Waals surface area contributed by atoms with Crippen LogP contribution in [0, 0.1) is 10.7 Å². The highest BCUT2D eigenvalue weighted by atomic mass is 127. The molecule has 120 valence electrons. The van der Waals surface area contributed by atoms with Gasteiger partial charge in [0.25, 0.3) is 5.91 Å². The summed E-state index contributed by atoms with van der Waals surface area (Å²) in [4.78, 5) is 12.1. The molecule has 2 rings (SSSR count). The van der Waals surface area contributed by atoms with E-state index >= 15 is 0 Å². The van der Waals surface area contributed by atoms with Crippen molar-refractivity contribution in [3.63, 3.8) is 0 Å². The number of phenolic OH excluding ortho intramolecular Hbond substituents is 1. The zero-order valence-corrected chi connectivity index (χ0v) is 18.3. The van der Waals surface area contributed by atoms with E-state index in [2.05, 4.69) is 55.7 Å². The first-order valence-corrected chi connectivity index (χ1v) is 9.51. The molecule has 0 atom stereocenters. The Morgan fingerprint density at radius 1 is 1.22 bits per heavy atom. The van der Waals surface area contributed by atoms with E-state index in [-0.39, 0.29) is 11.7 Å². The van der Waals surface area contributed by atoms with Crippen LogP contribution in [0.15, 0.2) is 35.4 Å². The summed E-state index contributed by atoms with van der Waals surface area (Å²) >= 11 is 6.33. The summed E-state index contributed by atoms with van der Waals surface area (Å²) in [7, 11) is 1.55. The molecular weight excluding hydrogens is 637 g/mol. The Bertz CT molecular complexity index is 779. The molecule has 0 aliphatic heterocycles. The molecule has 5 nitrogen and oxygen atoms in total. The van der Waals surface area contributed by atoms with E-state index in [0.29, 0.717) is 16.9 Å². The van der Waals surface area contributed by atoms with E-state index in [0.717, 1.165) is 10.7 Å². The first kappa shape index (κ1) is 18.7. The van der Waals surface area contributed by atoms with Crippen LogP contribution in [0.3, 0.4) is 0 Å². The van der Waals surface area contributed by atoms with E-state index in [1.54, 1.807) is 31.4 Å². The molecule has 1 amide bonds. The number of ether oxygens (including phenoxy) is 1. The van der Waals surface area contributed by atoms with Crippen molar-refractivity contribution in [1.29, 1.82) is 0 Å². The quantitative estimate of drug-likeness (QED) is 0.300. The summed E-state index contributed by atoms with van der Waals surface area (Å²) in [6, 6.07) is 8.77. The van der Waals surface area contributed by atoms with Gasteiger partial charge in [-0.3, -0.25) is 4.79 Å². The number of methoxy groups -OCH3 is 1. The number of hydrogen-bond donors (Lipinski definition) is 2. The summed E-state index contributed by atoms with van der Waals surface area (Å²) in [6.07, 6.45) is 1.42. The highest BCUT2D eigenvalue weighted by Gasteiger charge is 2.09. The van der Waals surface area contributed by atoms with E-state index in [9.17, 15) is 9.90 Å². The lowest BCUT2D eigenvalue weighted by atomic mass is 10.2. The molecule has 0 spiro atoms. The fourth-order valence-electron chi connectivity index (χ4n) is 1.71. The maximum atomic E-state index is 12.1. The van der Waals surface area contributed by atoms with Crippen molar-refractivity contribution < 1.29 is 14.6 Å². The van der Waals surface area contributed by atoms with Gasteiger partial charge in [0.15, 0.2) is 0 Å².